The van der Waals surface area contributed by atoms with Crippen molar-refractivity contribution in [2.45, 2.75) is 26.4 Å². The fourth-order valence-corrected chi connectivity index (χ4v) is 1.61. The second-order valence-electron chi connectivity index (χ2n) is 4.59. The average Bonchev–Trinajstić information content (AvgIpc) is 2.30. The summed E-state index contributed by atoms with van der Waals surface area (Å²) in [7, 11) is 1.76. The molecule has 1 amide bonds. The predicted octanol–water partition coefficient (Wildman–Crippen LogP) is 2.70. The topological polar surface area (TPSA) is 46.3 Å². The van der Waals surface area contributed by atoms with Crippen molar-refractivity contribution in [2.75, 3.05) is 7.05 Å². The van der Waals surface area contributed by atoms with Crippen LogP contribution >= 0.6 is 24.0 Å². The number of nitrogens with zero attached hydrogens (tertiary/aromatic N) is 1. The molecule has 102 valence electrons. The van der Waals surface area contributed by atoms with Crippen LogP contribution < -0.4 is 5.73 Å². The van der Waals surface area contributed by atoms with Crippen LogP contribution in [-0.4, -0.2) is 23.9 Å². The number of halogens is 2. The van der Waals surface area contributed by atoms with Gasteiger partial charge in [0.15, 0.2) is 0 Å². The lowest BCUT2D eigenvalue weighted by Crippen LogP contribution is -2.44. The zero-order valence-electron chi connectivity index (χ0n) is 10.9. The second kappa shape index (κ2) is 7.62. The van der Waals surface area contributed by atoms with Gasteiger partial charge in [0.1, 0.15) is 0 Å². The molecule has 18 heavy (non-hydrogen) atoms. The highest BCUT2D eigenvalue weighted by molar-refractivity contribution is 6.30. The largest absolute Gasteiger partial charge is 0.340 e. The monoisotopic (exact) mass is 290 g/mol. The number of benzene rings is 1. The van der Waals surface area contributed by atoms with Crippen molar-refractivity contribution in [1.82, 2.24) is 4.90 Å². The van der Waals surface area contributed by atoms with E-state index in [0.717, 1.165) is 5.56 Å². The highest BCUT2D eigenvalue weighted by Gasteiger charge is 2.20. The minimum absolute atomic E-state index is 0. The molecule has 0 saturated carbocycles. The molecule has 1 rings (SSSR count). The van der Waals surface area contributed by atoms with Crippen LogP contribution in [0.4, 0.5) is 0 Å². The smallest absolute Gasteiger partial charge is 0.239 e. The van der Waals surface area contributed by atoms with Crippen molar-refractivity contribution in [3.63, 3.8) is 0 Å². The Balaban J connectivity index is 0.00000289. The van der Waals surface area contributed by atoms with E-state index in [1.807, 2.05) is 38.1 Å². The number of amides is 1. The van der Waals surface area contributed by atoms with Crippen LogP contribution in [0.2, 0.25) is 5.02 Å². The lowest BCUT2D eigenvalue weighted by atomic mass is 10.0. The van der Waals surface area contributed by atoms with Crippen LogP contribution in [0.1, 0.15) is 19.4 Å². The first kappa shape index (κ1) is 17.2. The lowest BCUT2D eigenvalue weighted by Gasteiger charge is -2.23. The summed E-state index contributed by atoms with van der Waals surface area (Å²) in [5.74, 6) is 0.116. The summed E-state index contributed by atoms with van der Waals surface area (Å²) < 4.78 is 0. The summed E-state index contributed by atoms with van der Waals surface area (Å²) in [6.45, 7) is 4.44. The van der Waals surface area contributed by atoms with Gasteiger partial charge < -0.3 is 10.6 Å². The fraction of sp³-hybridized carbons (Fsp3) is 0.462. The number of carbonyl (C=O) groups excluding carboxylic acids is 1. The summed E-state index contributed by atoms with van der Waals surface area (Å²) in [6.07, 6.45) is 0. The summed E-state index contributed by atoms with van der Waals surface area (Å²) in [4.78, 5) is 13.6. The first-order chi connectivity index (χ1) is 7.91. The van der Waals surface area contributed by atoms with Gasteiger partial charge >= 0.3 is 0 Å². The maximum atomic E-state index is 11.9. The van der Waals surface area contributed by atoms with E-state index in [1.165, 1.54) is 0 Å². The molecule has 0 aliphatic rings. The van der Waals surface area contributed by atoms with E-state index in [4.69, 9.17) is 17.3 Å². The van der Waals surface area contributed by atoms with Gasteiger partial charge in [0.25, 0.3) is 0 Å². The van der Waals surface area contributed by atoms with Crippen LogP contribution in [0.5, 0.6) is 0 Å². The van der Waals surface area contributed by atoms with E-state index in [1.54, 1.807) is 11.9 Å². The maximum absolute atomic E-state index is 11.9. The third-order valence-electron chi connectivity index (χ3n) is 2.71. The summed E-state index contributed by atoms with van der Waals surface area (Å²) in [6, 6.07) is 7.02. The molecule has 0 fully saturated rings. The Morgan fingerprint density at radius 2 is 1.83 bits per heavy atom. The summed E-state index contributed by atoms with van der Waals surface area (Å²) >= 11 is 5.80. The molecule has 3 nitrogen and oxygen atoms in total. The first-order valence-electron chi connectivity index (χ1n) is 5.67. The maximum Gasteiger partial charge on any atom is 0.239 e. The van der Waals surface area contributed by atoms with Crippen molar-refractivity contribution >= 4 is 29.9 Å². The van der Waals surface area contributed by atoms with E-state index in [9.17, 15) is 4.79 Å². The summed E-state index contributed by atoms with van der Waals surface area (Å²) in [5, 5.41) is 0.696. The molecule has 1 unspecified atom stereocenters. The third kappa shape index (κ3) is 4.84. The fourth-order valence-electron chi connectivity index (χ4n) is 1.48. The standard InChI is InChI=1S/C13H19ClN2O.ClH/c1-9(2)12(15)13(17)16(3)8-10-4-6-11(14)7-5-10;/h4-7,9,12H,8,15H2,1-3H3;1H. The molecule has 0 aromatic heterocycles. The van der Waals surface area contributed by atoms with E-state index < -0.39 is 6.04 Å². The second-order valence-corrected chi connectivity index (χ2v) is 5.03. The van der Waals surface area contributed by atoms with Crippen LogP contribution in [0.25, 0.3) is 0 Å². The summed E-state index contributed by atoms with van der Waals surface area (Å²) in [5.41, 5.74) is 6.87. The molecule has 0 aliphatic heterocycles. The lowest BCUT2D eigenvalue weighted by molar-refractivity contribution is -0.132. The quantitative estimate of drug-likeness (QED) is 0.927. The number of likely N-dealkylation sites (N-methyl/N-ethyl adjacent to an activating group) is 1. The number of rotatable bonds is 4. The molecular formula is C13H20Cl2N2O. The molecule has 0 bridgehead atoms. The molecule has 0 heterocycles. The average molecular weight is 291 g/mol. The van der Waals surface area contributed by atoms with Crippen LogP contribution in [0, 0.1) is 5.92 Å². The van der Waals surface area contributed by atoms with Crippen LogP contribution in [0.15, 0.2) is 24.3 Å². The number of hydrogen-bond donors (Lipinski definition) is 1. The van der Waals surface area contributed by atoms with Crippen molar-refractivity contribution in [3.8, 4) is 0 Å². The van der Waals surface area contributed by atoms with Gasteiger partial charge in [0.2, 0.25) is 5.91 Å². The minimum atomic E-state index is -0.438. The van der Waals surface area contributed by atoms with E-state index in [2.05, 4.69) is 0 Å². The Morgan fingerprint density at radius 1 is 1.33 bits per heavy atom. The third-order valence-corrected chi connectivity index (χ3v) is 2.96. The first-order valence-corrected chi connectivity index (χ1v) is 6.04. The highest BCUT2D eigenvalue weighted by atomic mass is 35.5. The molecule has 2 N–H and O–H groups in total. The number of hydrogen-bond acceptors (Lipinski definition) is 2. The molecule has 1 aromatic rings. The van der Waals surface area contributed by atoms with Gasteiger partial charge in [-0.25, -0.2) is 0 Å². The van der Waals surface area contributed by atoms with Gasteiger partial charge in [-0.3, -0.25) is 4.79 Å². The Morgan fingerprint density at radius 3 is 2.28 bits per heavy atom. The van der Waals surface area contributed by atoms with Gasteiger partial charge in [-0.1, -0.05) is 37.6 Å². The zero-order chi connectivity index (χ0) is 13.0. The molecule has 0 aliphatic carbocycles. The van der Waals surface area contributed by atoms with E-state index in [-0.39, 0.29) is 24.2 Å². The van der Waals surface area contributed by atoms with Crippen molar-refractivity contribution in [1.29, 1.82) is 0 Å². The van der Waals surface area contributed by atoms with E-state index >= 15 is 0 Å². The predicted molar refractivity (Wildman–Crippen MR) is 78.0 cm³/mol. The van der Waals surface area contributed by atoms with Crippen molar-refractivity contribution in [2.24, 2.45) is 11.7 Å². The number of carbonyl (C=O) groups is 1. The Bertz CT molecular complexity index is 379. The molecule has 0 saturated heterocycles. The Kier molecular flexibility index (Phi) is 7.29. The van der Waals surface area contributed by atoms with Gasteiger partial charge in [-0.05, 0) is 23.6 Å². The molecule has 1 aromatic carbocycles. The molecule has 0 radical (unpaired) electrons. The highest BCUT2D eigenvalue weighted by Crippen LogP contribution is 2.12. The molecular weight excluding hydrogens is 271 g/mol. The Labute approximate surface area is 120 Å². The molecule has 1 atom stereocenters. The van der Waals surface area contributed by atoms with Crippen molar-refractivity contribution in [3.05, 3.63) is 34.9 Å². The molecule has 0 spiro atoms. The van der Waals surface area contributed by atoms with Crippen LogP contribution in [0.3, 0.4) is 0 Å². The minimum Gasteiger partial charge on any atom is -0.340 e. The SMILES string of the molecule is CC(C)C(N)C(=O)N(C)Cc1ccc(Cl)cc1.Cl. The number of nitrogens with two attached hydrogens (primary N) is 1. The molecule has 5 heteroatoms. The van der Waals surface area contributed by atoms with Gasteiger partial charge in [0, 0.05) is 18.6 Å². The van der Waals surface area contributed by atoms with Gasteiger partial charge in [-0.15, -0.1) is 12.4 Å². The van der Waals surface area contributed by atoms with E-state index in [0.29, 0.717) is 11.6 Å². The van der Waals surface area contributed by atoms with Crippen LogP contribution in [-0.2, 0) is 11.3 Å². The normalized spacial score (nSPS) is 11.9. The van der Waals surface area contributed by atoms with Gasteiger partial charge in [-0.2, -0.15) is 0 Å². The Hall–Kier alpha value is -0.770. The zero-order valence-corrected chi connectivity index (χ0v) is 12.5. The van der Waals surface area contributed by atoms with Crippen molar-refractivity contribution < 1.29 is 4.79 Å². The van der Waals surface area contributed by atoms with Gasteiger partial charge in [0.05, 0.1) is 6.04 Å².